The molecule has 0 aliphatic carbocycles. The van der Waals surface area contributed by atoms with E-state index in [9.17, 15) is 0 Å². The third-order valence-electron chi connectivity index (χ3n) is 3.29. The second kappa shape index (κ2) is 4.83. The molecule has 0 aromatic carbocycles. The summed E-state index contributed by atoms with van der Waals surface area (Å²) in [6.07, 6.45) is 3.84. The van der Waals surface area contributed by atoms with Crippen LogP contribution < -0.4 is 10.6 Å². The zero-order chi connectivity index (χ0) is 11.5. The van der Waals surface area contributed by atoms with Gasteiger partial charge >= 0.3 is 0 Å². The monoisotopic (exact) mass is 218 g/mol. The molecule has 1 fully saturated rings. The summed E-state index contributed by atoms with van der Waals surface area (Å²) in [4.78, 5) is 6.99. The summed E-state index contributed by atoms with van der Waals surface area (Å²) >= 11 is 0. The molecule has 2 rings (SSSR count). The molecule has 1 aliphatic rings. The molecular weight excluding hydrogens is 198 g/mol. The van der Waals surface area contributed by atoms with E-state index in [1.54, 1.807) is 0 Å². The van der Waals surface area contributed by atoms with Crippen LogP contribution in [0.5, 0.6) is 0 Å². The molecule has 0 atom stereocenters. The molecule has 87 valence electrons. The maximum absolute atomic E-state index is 7.65. The number of hydrogen-bond donors (Lipinski definition) is 0. The topological polar surface area (TPSA) is 39.9 Å². The molecule has 1 radical (unpaired) electrons. The molecule has 3 nitrogen and oxygen atoms in total. The molecule has 2 heterocycles. The Hall–Kier alpha value is -1.09. The van der Waals surface area contributed by atoms with Gasteiger partial charge in [-0.25, -0.2) is 4.98 Å². The van der Waals surface area contributed by atoms with Gasteiger partial charge in [0, 0.05) is 30.9 Å². The van der Waals surface area contributed by atoms with Gasteiger partial charge in [-0.15, -0.1) is 0 Å². The molecular formula is C13H20N3. The molecule has 0 saturated carbocycles. The number of hydrogen-bond acceptors (Lipinski definition) is 2. The van der Waals surface area contributed by atoms with Crippen molar-refractivity contribution in [2.24, 2.45) is 0 Å². The molecule has 0 unspecified atom stereocenters. The first-order valence-corrected chi connectivity index (χ1v) is 6.09. The normalized spacial score (nSPS) is 16.6. The first kappa shape index (κ1) is 11.4. The Kier molecular flexibility index (Phi) is 3.44. The molecule has 1 aromatic heterocycles. The predicted octanol–water partition coefficient (Wildman–Crippen LogP) is 2.47. The van der Waals surface area contributed by atoms with Crippen LogP contribution in [-0.2, 0) is 6.54 Å². The summed E-state index contributed by atoms with van der Waals surface area (Å²) in [6, 6.07) is 2.08. The van der Waals surface area contributed by atoms with E-state index < -0.39 is 0 Å². The lowest BCUT2D eigenvalue weighted by Gasteiger charge is -2.30. The molecule has 0 bridgehead atoms. The molecule has 1 aliphatic heterocycles. The minimum atomic E-state index is 0.338. The molecule has 1 saturated heterocycles. The Bertz CT molecular complexity index is 368. The second-order valence-electron chi connectivity index (χ2n) is 4.61. The van der Waals surface area contributed by atoms with Crippen molar-refractivity contribution < 1.29 is 0 Å². The minimum Gasteiger partial charge on any atom is -0.356 e. The van der Waals surface area contributed by atoms with Crippen LogP contribution in [0.15, 0.2) is 6.07 Å². The molecule has 0 amide bonds. The number of nitrogens with zero attached hydrogens (tertiary/aromatic N) is 2. The number of aromatic nitrogens is 1. The Morgan fingerprint density at radius 2 is 1.94 bits per heavy atom. The van der Waals surface area contributed by atoms with Crippen LogP contribution in [0, 0.1) is 13.8 Å². The van der Waals surface area contributed by atoms with Crippen molar-refractivity contribution in [3.63, 3.8) is 0 Å². The van der Waals surface area contributed by atoms with Gasteiger partial charge in [-0.05, 0) is 44.7 Å². The first-order valence-electron chi connectivity index (χ1n) is 6.09. The number of nitrogens with one attached hydrogen (secondary N) is 1. The smallest absolute Gasteiger partial charge is 0.133 e. The van der Waals surface area contributed by atoms with Crippen LogP contribution >= 0.6 is 0 Å². The van der Waals surface area contributed by atoms with Gasteiger partial charge in [-0.1, -0.05) is 0 Å². The fourth-order valence-corrected chi connectivity index (χ4v) is 2.43. The summed E-state index contributed by atoms with van der Waals surface area (Å²) in [7, 11) is 0. The van der Waals surface area contributed by atoms with Crippen LogP contribution in [0.4, 0.5) is 5.82 Å². The van der Waals surface area contributed by atoms with Gasteiger partial charge in [0.2, 0.25) is 0 Å². The maximum atomic E-state index is 7.65. The highest BCUT2D eigenvalue weighted by molar-refractivity contribution is 5.51. The number of pyridine rings is 1. The van der Waals surface area contributed by atoms with Crippen LogP contribution in [0.2, 0.25) is 0 Å². The van der Waals surface area contributed by atoms with Crippen molar-refractivity contribution in [1.29, 1.82) is 0 Å². The Morgan fingerprint density at radius 3 is 2.56 bits per heavy atom. The van der Waals surface area contributed by atoms with Crippen LogP contribution in [0.1, 0.15) is 36.1 Å². The third-order valence-corrected chi connectivity index (χ3v) is 3.29. The summed E-state index contributed by atoms with van der Waals surface area (Å²) in [6.45, 7) is 6.66. The standard InChI is InChI=1S/C13H20N3/c1-10-8-11(2)15-13(12(10)9-14)16-6-4-3-5-7-16/h8,14H,3-7,9H2,1-2H3. The van der Waals surface area contributed by atoms with E-state index in [2.05, 4.69) is 22.9 Å². The van der Waals surface area contributed by atoms with E-state index in [0.717, 1.165) is 30.2 Å². The third kappa shape index (κ3) is 2.19. The van der Waals surface area contributed by atoms with Gasteiger partial charge in [0.25, 0.3) is 0 Å². The highest BCUT2D eigenvalue weighted by atomic mass is 15.2. The fourth-order valence-electron chi connectivity index (χ4n) is 2.43. The molecule has 1 aromatic rings. The highest BCUT2D eigenvalue weighted by Gasteiger charge is 2.17. The zero-order valence-electron chi connectivity index (χ0n) is 10.2. The van der Waals surface area contributed by atoms with Crippen molar-refractivity contribution >= 4 is 5.82 Å². The van der Waals surface area contributed by atoms with E-state index in [-0.39, 0.29) is 0 Å². The molecule has 0 spiro atoms. The van der Waals surface area contributed by atoms with Gasteiger partial charge < -0.3 is 4.90 Å². The lowest BCUT2D eigenvalue weighted by molar-refractivity contribution is 0.571. The summed E-state index contributed by atoms with van der Waals surface area (Å²) in [5.74, 6) is 1.06. The van der Waals surface area contributed by atoms with Gasteiger partial charge in [-0.2, -0.15) is 0 Å². The van der Waals surface area contributed by atoms with Gasteiger partial charge in [0.1, 0.15) is 5.82 Å². The van der Waals surface area contributed by atoms with Crippen LogP contribution in [0.25, 0.3) is 0 Å². The van der Waals surface area contributed by atoms with E-state index >= 15 is 0 Å². The second-order valence-corrected chi connectivity index (χ2v) is 4.61. The Labute approximate surface area is 97.7 Å². The van der Waals surface area contributed by atoms with Crippen molar-refractivity contribution in [2.75, 3.05) is 18.0 Å². The van der Waals surface area contributed by atoms with E-state index in [1.807, 2.05) is 6.92 Å². The molecule has 3 heteroatoms. The number of rotatable bonds is 2. The Balaban J connectivity index is 2.36. The van der Waals surface area contributed by atoms with Gasteiger partial charge in [0.15, 0.2) is 0 Å². The first-order chi connectivity index (χ1) is 7.72. The van der Waals surface area contributed by atoms with E-state index in [0.29, 0.717) is 6.54 Å². The summed E-state index contributed by atoms with van der Waals surface area (Å²) in [5.41, 5.74) is 11.0. The van der Waals surface area contributed by atoms with E-state index in [4.69, 9.17) is 5.73 Å². The molecule has 16 heavy (non-hydrogen) atoms. The number of aryl methyl sites for hydroxylation is 2. The lowest BCUT2D eigenvalue weighted by atomic mass is 10.1. The summed E-state index contributed by atoms with van der Waals surface area (Å²) < 4.78 is 0. The fraction of sp³-hybridized carbons (Fsp3) is 0.615. The van der Waals surface area contributed by atoms with Crippen molar-refractivity contribution in [3.8, 4) is 0 Å². The number of anilines is 1. The summed E-state index contributed by atoms with van der Waals surface area (Å²) in [5, 5.41) is 0. The largest absolute Gasteiger partial charge is 0.356 e. The zero-order valence-corrected chi connectivity index (χ0v) is 10.2. The maximum Gasteiger partial charge on any atom is 0.133 e. The van der Waals surface area contributed by atoms with Crippen molar-refractivity contribution in [2.45, 2.75) is 39.7 Å². The average molecular weight is 218 g/mol. The van der Waals surface area contributed by atoms with Crippen molar-refractivity contribution in [3.05, 3.63) is 22.9 Å². The van der Waals surface area contributed by atoms with Crippen molar-refractivity contribution in [1.82, 2.24) is 10.7 Å². The number of piperidine rings is 1. The van der Waals surface area contributed by atoms with Crippen LogP contribution in [-0.4, -0.2) is 18.1 Å². The highest BCUT2D eigenvalue weighted by Crippen LogP contribution is 2.25. The Morgan fingerprint density at radius 1 is 1.25 bits per heavy atom. The SMILES string of the molecule is Cc1cc(C)c(C[NH])c(N2CCCCC2)n1. The molecule has 1 N–H and O–H groups in total. The average Bonchev–Trinajstić information content (AvgIpc) is 2.29. The van der Waals surface area contributed by atoms with E-state index in [1.165, 1.54) is 24.8 Å². The lowest BCUT2D eigenvalue weighted by Crippen LogP contribution is -2.31. The quantitative estimate of drug-likeness (QED) is 0.765. The van der Waals surface area contributed by atoms with Gasteiger partial charge in [-0.3, -0.25) is 5.73 Å². The predicted molar refractivity (Wildman–Crippen MR) is 66.6 cm³/mol. The minimum absolute atomic E-state index is 0.338. The van der Waals surface area contributed by atoms with Crippen LogP contribution in [0.3, 0.4) is 0 Å². The van der Waals surface area contributed by atoms with Gasteiger partial charge in [0.05, 0.1) is 0 Å².